The highest BCUT2D eigenvalue weighted by Crippen LogP contribution is 2.23. The second-order valence-electron chi connectivity index (χ2n) is 16.7. The zero-order valence-electron chi connectivity index (χ0n) is 28.7. The summed E-state index contributed by atoms with van der Waals surface area (Å²) in [5.74, 6) is -0.0817. The molecule has 0 aromatic carbocycles. The van der Waals surface area contributed by atoms with Crippen molar-refractivity contribution in [1.29, 1.82) is 0 Å². The number of rotatable bonds is 5. The summed E-state index contributed by atoms with van der Waals surface area (Å²) in [6.45, 7) is 38.9. The number of carbonyl (C=O) groups excluding carboxylic acids is 1. The van der Waals surface area contributed by atoms with Gasteiger partial charge in [0, 0.05) is 24.6 Å². The average Bonchev–Trinajstić information content (AvgIpc) is 3.08. The number of hydrogen-bond donors (Lipinski definition) is 0. The second kappa shape index (κ2) is 14.8. The molecular formula is C32H65N3O3. The molecular weight excluding hydrogens is 474 g/mol. The normalized spacial score (nSPS) is 13.2. The topological polar surface area (TPSA) is 66.2 Å². The summed E-state index contributed by atoms with van der Waals surface area (Å²) in [5, 5.41) is 8.29. The maximum absolute atomic E-state index is 11.3. The molecule has 0 spiro atoms. The molecule has 0 aliphatic rings. The molecule has 0 radical (unpaired) electrons. The van der Waals surface area contributed by atoms with Gasteiger partial charge in [-0.05, 0) is 92.4 Å². The molecule has 0 N–H and O–H groups in total. The molecule has 0 aliphatic heterocycles. The fraction of sp³-hybridized carbons (Fsp3) is 0.906. The van der Waals surface area contributed by atoms with Crippen molar-refractivity contribution in [3.8, 4) is 0 Å². The van der Waals surface area contributed by atoms with Gasteiger partial charge in [-0.2, -0.15) is 0 Å². The molecule has 0 unspecified atom stereocenters. The van der Waals surface area contributed by atoms with Crippen LogP contribution < -0.4 is 0 Å². The molecule has 0 bridgehead atoms. The number of esters is 1. The van der Waals surface area contributed by atoms with Gasteiger partial charge in [0.05, 0.1) is 16.8 Å². The first-order valence-electron chi connectivity index (χ1n) is 14.3. The first-order valence-corrected chi connectivity index (χ1v) is 14.3. The number of ether oxygens (including phenoxy) is 2. The summed E-state index contributed by atoms with van der Waals surface area (Å²) in [5.41, 5.74) is 1.53. The van der Waals surface area contributed by atoms with Gasteiger partial charge < -0.3 is 9.47 Å². The van der Waals surface area contributed by atoms with E-state index in [1.54, 1.807) is 0 Å². The third-order valence-electron chi connectivity index (χ3n) is 5.06. The number of aromatic nitrogens is 3. The van der Waals surface area contributed by atoms with Gasteiger partial charge in [0.1, 0.15) is 5.60 Å². The van der Waals surface area contributed by atoms with E-state index < -0.39 is 0 Å². The molecule has 6 heteroatoms. The molecule has 0 atom stereocenters. The molecule has 0 fully saturated rings. The standard InChI is InChI=1S/C12H24O2.C10H19N3.C10H22O/c1-11(2,3)9-7-8-10(13)14-12(4,5)6;1-9(2,3)8-7-13(12-11-8)10(4,5)6;1-9(2,3)7-8-11-10(4,5)6/h7-9H2,1-6H3;7H,1-6H3;7-8H2,1-6H3. The molecule has 1 aromatic rings. The molecule has 0 saturated carbocycles. The Morgan fingerprint density at radius 2 is 1.21 bits per heavy atom. The molecule has 1 rings (SSSR count). The number of hydrogen-bond acceptors (Lipinski definition) is 5. The molecule has 1 heterocycles. The monoisotopic (exact) mass is 540 g/mol. The summed E-state index contributed by atoms with van der Waals surface area (Å²) >= 11 is 0. The summed E-state index contributed by atoms with van der Waals surface area (Å²) < 4.78 is 12.7. The van der Waals surface area contributed by atoms with Crippen LogP contribution in [0.15, 0.2) is 6.20 Å². The summed E-state index contributed by atoms with van der Waals surface area (Å²) in [7, 11) is 0. The van der Waals surface area contributed by atoms with Crippen molar-refractivity contribution < 1.29 is 14.3 Å². The molecule has 0 amide bonds. The largest absolute Gasteiger partial charge is 0.460 e. The number of carbonyl (C=O) groups is 1. The highest BCUT2D eigenvalue weighted by molar-refractivity contribution is 5.69. The first kappa shape index (κ1) is 38.7. The molecule has 0 saturated heterocycles. The van der Waals surface area contributed by atoms with Gasteiger partial charge in [-0.1, -0.05) is 67.5 Å². The van der Waals surface area contributed by atoms with E-state index >= 15 is 0 Å². The Labute approximate surface area is 237 Å². The lowest BCUT2D eigenvalue weighted by Gasteiger charge is -2.23. The zero-order chi connectivity index (χ0) is 30.8. The highest BCUT2D eigenvalue weighted by Gasteiger charge is 2.22. The molecule has 6 nitrogen and oxygen atoms in total. The Bertz CT molecular complexity index is 742. The van der Waals surface area contributed by atoms with Crippen molar-refractivity contribution in [1.82, 2.24) is 15.0 Å². The van der Waals surface area contributed by atoms with E-state index in [1.165, 1.54) is 0 Å². The fourth-order valence-electron chi connectivity index (χ4n) is 2.75. The van der Waals surface area contributed by atoms with Crippen molar-refractivity contribution in [2.24, 2.45) is 10.8 Å². The van der Waals surface area contributed by atoms with Crippen LogP contribution in [0.5, 0.6) is 0 Å². The lowest BCUT2D eigenvalue weighted by atomic mass is 9.90. The minimum atomic E-state index is -0.348. The van der Waals surface area contributed by atoms with E-state index in [-0.39, 0.29) is 28.1 Å². The van der Waals surface area contributed by atoms with Crippen LogP contribution >= 0.6 is 0 Å². The van der Waals surface area contributed by atoms with Crippen LogP contribution in [0.4, 0.5) is 0 Å². The van der Waals surface area contributed by atoms with Crippen molar-refractivity contribution in [3.05, 3.63) is 11.9 Å². The van der Waals surface area contributed by atoms with Crippen LogP contribution in [-0.4, -0.2) is 38.8 Å². The van der Waals surface area contributed by atoms with Gasteiger partial charge in [0.25, 0.3) is 0 Å². The van der Waals surface area contributed by atoms with Gasteiger partial charge in [-0.15, -0.1) is 5.10 Å². The van der Waals surface area contributed by atoms with Gasteiger partial charge in [-0.3, -0.25) is 4.79 Å². The van der Waals surface area contributed by atoms with E-state index in [4.69, 9.17) is 9.47 Å². The minimum Gasteiger partial charge on any atom is -0.460 e. The van der Waals surface area contributed by atoms with Gasteiger partial charge in [0.15, 0.2) is 0 Å². The van der Waals surface area contributed by atoms with Crippen molar-refractivity contribution in [2.45, 2.75) is 172 Å². The van der Waals surface area contributed by atoms with Gasteiger partial charge in [-0.25, -0.2) is 4.68 Å². The smallest absolute Gasteiger partial charge is 0.306 e. The van der Waals surface area contributed by atoms with Crippen molar-refractivity contribution >= 4 is 5.97 Å². The third-order valence-corrected chi connectivity index (χ3v) is 5.06. The highest BCUT2D eigenvalue weighted by atomic mass is 16.6. The van der Waals surface area contributed by atoms with Crippen molar-refractivity contribution in [2.75, 3.05) is 6.61 Å². The fourth-order valence-corrected chi connectivity index (χ4v) is 2.75. The Morgan fingerprint density at radius 1 is 0.737 bits per heavy atom. The van der Waals surface area contributed by atoms with Gasteiger partial charge in [0.2, 0.25) is 0 Å². The maximum Gasteiger partial charge on any atom is 0.306 e. The van der Waals surface area contributed by atoms with E-state index in [0.717, 1.165) is 31.6 Å². The van der Waals surface area contributed by atoms with Crippen LogP contribution in [0, 0.1) is 10.8 Å². The predicted octanol–water partition coefficient (Wildman–Crippen LogP) is 9.11. The average molecular weight is 540 g/mol. The minimum absolute atomic E-state index is 0.0191. The van der Waals surface area contributed by atoms with Crippen LogP contribution in [0.25, 0.3) is 0 Å². The lowest BCUT2D eigenvalue weighted by Crippen LogP contribution is -2.23. The molecule has 38 heavy (non-hydrogen) atoms. The van der Waals surface area contributed by atoms with Crippen LogP contribution in [0.1, 0.15) is 156 Å². The van der Waals surface area contributed by atoms with Gasteiger partial charge >= 0.3 is 5.97 Å². The van der Waals surface area contributed by atoms with Crippen LogP contribution in [0.2, 0.25) is 0 Å². The quantitative estimate of drug-likeness (QED) is 0.349. The maximum atomic E-state index is 11.3. The second-order valence-corrected chi connectivity index (χ2v) is 16.7. The van der Waals surface area contributed by atoms with E-state index in [9.17, 15) is 4.79 Å². The SMILES string of the molecule is CC(C)(C)CCCC(=O)OC(C)(C)C.CC(C)(C)CCOC(C)(C)C.CC(C)(C)c1cn(C(C)(C)C)nn1. The van der Waals surface area contributed by atoms with Crippen LogP contribution in [-0.2, 0) is 25.2 Å². The molecule has 0 aliphatic carbocycles. The Balaban J connectivity index is 0. The lowest BCUT2D eigenvalue weighted by molar-refractivity contribution is -0.155. The number of nitrogens with zero attached hydrogens (tertiary/aromatic N) is 3. The summed E-state index contributed by atoms with van der Waals surface area (Å²) in [4.78, 5) is 11.3. The predicted molar refractivity (Wildman–Crippen MR) is 163 cm³/mol. The zero-order valence-corrected chi connectivity index (χ0v) is 28.7. The van der Waals surface area contributed by atoms with E-state index in [2.05, 4.69) is 114 Å². The summed E-state index contributed by atoms with van der Waals surface area (Å²) in [6, 6.07) is 0. The van der Waals surface area contributed by atoms with Crippen molar-refractivity contribution in [3.63, 3.8) is 0 Å². The Hall–Kier alpha value is -1.43. The Kier molecular flexibility index (Phi) is 15.1. The van der Waals surface area contributed by atoms with E-state index in [1.807, 2.05) is 31.6 Å². The summed E-state index contributed by atoms with van der Waals surface area (Å²) in [6.07, 6.45) is 5.67. The third kappa shape index (κ3) is 24.9. The van der Waals surface area contributed by atoms with Crippen LogP contribution in [0.3, 0.4) is 0 Å². The van der Waals surface area contributed by atoms with E-state index in [0.29, 0.717) is 17.3 Å². The Morgan fingerprint density at radius 3 is 1.50 bits per heavy atom. The molecule has 226 valence electrons. The first-order chi connectivity index (χ1) is 16.5. The molecule has 1 aromatic heterocycles.